The summed E-state index contributed by atoms with van der Waals surface area (Å²) in [7, 11) is 0. The van der Waals surface area contributed by atoms with Crippen LogP contribution in [0.5, 0.6) is 11.5 Å². The maximum absolute atomic E-state index is 11.8. The molecule has 27 heavy (non-hydrogen) atoms. The van der Waals surface area contributed by atoms with E-state index in [1.54, 1.807) is 37.3 Å². The van der Waals surface area contributed by atoms with Crippen LogP contribution in [0.4, 0.5) is 0 Å². The standard InChI is InChI=1S/C21H20ClNO4/c1-3-25-20-12-16(11-17(13-23)21(24)26-4-2)7-10-19(20)27-14-15-5-8-18(22)9-6-15/h5-12H,3-4,14H2,1-2H3/b17-11-. The highest BCUT2D eigenvalue weighted by Crippen LogP contribution is 2.30. The normalized spacial score (nSPS) is 10.8. The van der Waals surface area contributed by atoms with Crippen LogP contribution in [0.1, 0.15) is 25.0 Å². The van der Waals surface area contributed by atoms with E-state index in [9.17, 15) is 4.79 Å². The lowest BCUT2D eigenvalue weighted by atomic mass is 10.1. The van der Waals surface area contributed by atoms with Crippen LogP contribution >= 0.6 is 11.6 Å². The molecule has 2 aromatic rings. The van der Waals surface area contributed by atoms with Gasteiger partial charge >= 0.3 is 5.97 Å². The molecule has 0 fully saturated rings. The Labute approximate surface area is 163 Å². The topological polar surface area (TPSA) is 68.6 Å². The number of rotatable bonds is 8. The molecule has 0 saturated heterocycles. The van der Waals surface area contributed by atoms with Gasteiger partial charge in [0.15, 0.2) is 11.5 Å². The van der Waals surface area contributed by atoms with E-state index >= 15 is 0 Å². The summed E-state index contributed by atoms with van der Waals surface area (Å²) < 4.78 is 16.3. The zero-order valence-corrected chi connectivity index (χ0v) is 16.0. The highest BCUT2D eigenvalue weighted by molar-refractivity contribution is 6.30. The third-order valence-electron chi connectivity index (χ3n) is 3.50. The van der Waals surface area contributed by atoms with Gasteiger partial charge in [-0.2, -0.15) is 5.26 Å². The molecule has 0 aromatic heterocycles. The van der Waals surface area contributed by atoms with Crippen LogP contribution in [-0.2, 0) is 16.1 Å². The number of esters is 1. The summed E-state index contributed by atoms with van der Waals surface area (Å²) in [4.78, 5) is 11.8. The zero-order chi connectivity index (χ0) is 19.6. The predicted octanol–water partition coefficient (Wildman–Crippen LogP) is 4.79. The number of carbonyl (C=O) groups is 1. The highest BCUT2D eigenvalue weighted by atomic mass is 35.5. The first-order valence-corrected chi connectivity index (χ1v) is 8.88. The van der Waals surface area contributed by atoms with Crippen molar-refractivity contribution >= 4 is 23.6 Å². The lowest BCUT2D eigenvalue weighted by molar-refractivity contribution is -0.137. The fourth-order valence-electron chi connectivity index (χ4n) is 2.26. The summed E-state index contributed by atoms with van der Waals surface area (Å²) in [5.74, 6) is 0.445. The van der Waals surface area contributed by atoms with Gasteiger partial charge < -0.3 is 14.2 Å². The Morgan fingerprint density at radius 1 is 1.07 bits per heavy atom. The van der Waals surface area contributed by atoms with Gasteiger partial charge in [-0.1, -0.05) is 29.8 Å². The fraction of sp³-hybridized carbons (Fsp3) is 0.238. The van der Waals surface area contributed by atoms with Gasteiger partial charge in [-0.15, -0.1) is 0 Å². The van der Waals surface area contributed by atoms with Crippen LogP contribution in [0.2, 0.25) is 5.02 Å². The molecule has 0 atom stereocenters. The van der Waals surface area contributed by atoms with E-state index in [0.717, 1.165) is 5.56 Å². The molecule has 5 nitrogen and oxygen atoms in total. The molecule has 0 aliphatic heterocycles. The first-order valence-electron chi connectivity index (χ1n) is 8.50. The first kappa shape index (κ1) is 20.3. The second-order valence-corrected chi connectivity index (χ2v) is 5.88. The molecule has 140 valence electrons. The molecular weight excluding hydrogens is 366 g/mol. The number of nitrogens with zero attached hydrogens (tertiary/aromatic N) is 1. The summed E-state index contributed by atoms with van der Waals surface area (Å²) in [6.45, 7) is 4.57. The molecule has 2 rings (SSSR count). The molecule has 0 saturated carbocycles. The molecule has 0 amide bonds. The van der Waals surface area contributed by atoms with Crippen molar-refractivity contribution in [1.29, 1.82) is 5.26 Å². The lowest BCUT2D eigenvalue weighted by Gasteiger charge is -2.13. The van der Waals surface area contributed by atoms with Gasteiger partial charge in [0.05, 0.1) is 13.2 Å². The highest BCUT2D eigenvalue weighted by Gasteiger charge is 2.12. The van der Waals surface area contributed by atoms with Crippen LogP contribution in [0, 0.1) is 11.3 Å². The summed E-state index contributed by atoms with van der Waals surface area (Å²) >= 11 is 5.89. The van der Waals surface area contributed by atoms with E-state index in [0.29, 0.717) is 35.3 Å². The SMILES string of the molecule is CCOC(=O)/C(C#N)=C\c1ccc(OCc2ccc(Cl)cc2)c(OCC)c1. The third-order valence-corrected chi connectivity index (χ3v) is 3.75. The zero-order valence-electron chi connectivity index (χ0n) is 15.2. The Kier molecular flexibility index (Phi) is 7.72. The Bertz CT molecular complexity index is 853. The van der Waals surface area contributed by atoms with E-state index < -0.39 is 5.97 Å². The maximum atomic E-state index is 11.8. The van der Waals surface area contributed by atoms with Crippen molar-refractivity contribution in [2.45, 2.75) is 20.5 Å². The second-order valence-electron chi connectivity index (χ2n) is 5.44. The summed E-state index contributed by atoms with van der Waals surface area (Å²) in [5.41, 5.74) is 1.54. The van der Waals surface area contributed by atoms with Crippen molar-refractivity contribution in [3.8, 4) is 17.6 Å². The molecule has 0 spiro atoms. The summed E-state index contributed by atoms with van der Waals surface area (Å²) in [6, 6.07) is 14.4. The smallest absolute Gasteiger partial charge is 0.348 e. The summed E-state index contributed by atoms with van der Waals surface area (Å²) in [5, 5.41) is 9.82. The Morgan fingerprint density at radius 3 is 2.44 bits per heavy atom. The Balaban J connectivity index is 2.21. The number of nitriles is 1. The average Bonchev–Trinajstić information content (AvgIpc) is 2.67. The second kappa shape index (κ2) is 10.2. The number of halogens is 1. The van der Waals surface area contributed by atoms with Crippen LogP contribution in [0.3, 0.4) is 0 Å². The largest absolute Gasteiger partial charge is 0.490 e. The minimum Gasteiger partial charge on any atom is -0.490 e. The molecule has 0 N–H and O–H groups in total. The van der Waals surface area contributed by atoms with Crippen LogP contribution < -0.4 is 9.47 Å². The Hall–Kier alpha value is -2.97. The third kappa shape index (κ3) is 6.05. The van der Waals surface area contributed by atoms with Crippen molar-refractivity contribution in [2.24, 2.45) is 0 Å². The van der Waals surface area contributed by atoms with E-state index in [4.69, 9.17) is 31.1 Å². The van der Waals surface area contributed by atoms with Crippen molar-refractivity contribution < 1.29 is 19.0 Å². The van der Waals surface area contributed by atoms with Gasteiger partial charge in [0.25, 0.3) is 0 Å². The van der Waals surface area contributed by atoms with Crippen molar-refractivity contribution in [1.82, 2.24) is 0 Å². The van der Waals surface area contributed by atoms with Gasteiger partial charge in [-0.05, 0) is 55.3 Å². The quantitative estimate of drug-likeness (QED) is 0.371. The van der Waals surface area contributed by atoms with Crippen LogP contribution in [-0.4, -0.2) is 19.2 Å². The van der Waals surface area contributed by atoms with Gasteiger partial charge in [-0.25, -0.2) is 4.79 Å². The molecule has 0 aliphatic rings. The Morgan fingerprint density at radius 2 is 1.81 bits per heavy atom. The average molecular weight is 386 g/mol. The fourth-order valence-corrected chi connectivity index (χ4v) is 2.38. The van der Waals surface area contributed by atoms with Crippen molar-refractivity contribution in [3.63, 3.8) is 0 Å². The number of benzene rings is 2. The van der Waals surface area contributed by atoms with Crippen molar-refractivity contribution in [2.75, 3.05) is 13.2 Å². The molecule has 2 aromatic carbocycles. The molecular formula is C21H20ClNO4. The molecule has 0 heterocycles. The molecule has 0 aliphatic carbocycles. The van der Waals surface area contributed by atoms with Crippen LogP contribution in [0.15, 0.2) is 48.0 Å². The monoisotopic (exact) mass is 385 g/mol. The first-order chi connectivity index (χ1) is 13.1. The number of hydrogen-bond donors (Lipinski definition) is 0. The predicted molar refractivity (Wildman–Crippen MR) is 104 cm³/mol. The minimum absolute atomic E-state index is 0.0749. The van der Waals surface area contributed by atoms with Crippen molar-refractivity contribution in [3.05, 3.63) is 64.2 Å². The van der Waals surface area contributed by atoms with Gasteiger partial charge in [0, 0.05) is 5.02 Å². The number of hydrogen-bond acceptors (Lipinski definition) is 5. The van der Waals surface area contributed by atoms with Gasteiger partial charge in [0.1, 0.15) is 18.2 Å². The van der Waals surface area contributed by atoms with E-state index in [1.807, 2.05) is 25.1 Å². The van der Waals surface area contributed by atoms with E-state index in [1.165, 1.54) is 6.08 Å². The lowest BCUT2D eigenvalue weighted by Crippen LogP contribution is -2.06. The molecule has 0 bridgehead atoms. The maximum Gasteiger partial charge on any atom is 0.348 e. The van der Waals surface area contributed by atoms with Gasteiger partial charge in [-0.3, -0.25) is 0 Å². The number of carbonyl (C=O) groups excluding carboxylic acids is 1. The minimum atomic E-state index is -0.652. The van der Waals surface area contributed by atoms with Crippen LogP contribution in [0.25, 0.3) is 6.08 Å². The van der Waals surface area contributed by atoms with E-state index in [2.05, 4.69) is 0 Å². The van der Waals surface area contributed by atoms with Gasteiger partial charge in [0.2, 0.25) is 0 Å². The van der Waals surface area contributed by atoms with E-state index in [-0.39, 0.29) is 12.2 Å². The summed E-state index contributed by atoms with van der Waals surface area (Å²) in [6.07, 6.45) is 1.46. The molecule has 0 radical (unpaired) electrons. The number of ether oxygens (including phenoxy) is 3. The molecule has 0 unspecified atom stereocenters. The molecule has 6 heteroatoms.